The van der Waals surface area contributed by atoms with Crippen LogP contribution in [0.3, 0.4) is 0 Å². The van der Waals surface area contributed by atoms with Crippen LogP contribution in [0.1, 0.15) is 39.0 Å². The van der Waals surface area contributed by atoms with Crippen LogP contribution in [0, 0.1) is 5.92 Å². The first kappa shape index (κ1) is 18.9. The van der Waals surface area contributed by atoms with Crippen molar-refractivity contribution in [3.63, 3.8) is 0 Å². The van der Waals surface area contributed by atoms with Crippen LogP contribution in [-0.2, 0) is 12.8 Å². The zero-order chi connectivity index (χ0) is 19.5. The molecule has 0 bridgehead atoms. The van der Waals surface area contributed by atoms with E-state index in [1.807, 2.05) is 48.0 Å². The lowest BCUT2D eigenvalue weighted by Gasteiger charge is -2.18. The first-order valence-electron chi connectivity index (χ1n) is 9.32. The van der Waals surface area contributed by atoms with Gasteiger partial charge in [0.1, 0.15) is 10.8 Å². The molecule has 0 aliphatic heterocycles. The minimum atomic E-state index is -0.116. The fraction of sp³-hybridized carbons (Fsp3) is 0.273. The van der Waals surface area contributed by atoms with Gasteiger partial charge in [-0.2, -0.15) is 0 Å². The van der Waals surface area contributed by atoms with Crippen molar-refractivity contribution >= 4 is 45.5 Å². The third-order valence-electron chi connectivity index (χ3n) is 4.93. The van der Waals surface area contributed by atoms with Crippen LogP contribution in [0.4, 0.5) is 10.7 Å². The lowest BCUT2D eigenvalue weighted by Crippen LogP contribution is -2.17. The Labute approximate surface area is 172 Å². The summed E-state index contributed by atoms with van der Waals surface area (Å²) in [6.45, 7) is 2.27. The molecule has 1 amide bonds. The van der Waals surface area contributed by atoms with Crippen LogP contribution in [-0.4, -0.2) is 19.2 Å². The maximum atomic E-state index is 13.2. The van der Waals surface area contributed by atoms with Crippen LogP contribution < -0.4 is 10.1 Å². The number of carbonyl (C=O) groups is 1. The van der Waals surface area contributed by atoms with Gasteiger partial charge in [0.2, 0.25) is 0 Å². The standard InChI is InChI=1S/C22H22N2O2S2/c1-14-9-10-16-19(12-14)28-22(23-13-15-6-5-11-27-15)20(16)21(25)24-17-7-3-4-8-18(17)26-2/h3-8,11,13-14H,9-10,12H2,1-2H3,(H,24,25)/t14-/m1/s1. The van der Waals surface area contributed by atoms with Crippen molar-refractivity contribution in [3.8, 4) is 5.75 Å². The zero-order valence-electron chi connectivity index (χ0n) is 15.9. The molecular weight excluding hydrogens is 388 g/mol. The Morgan fingerprint density at radius 1 is 1.29 bits per heavy atom. The summed E-state index contributed by atoms with van der Waals surface area (Å²) < 4.78 is 5.38. The van der Waals surface area contributed by atoms with Crippen LogP contribution in [0.15, 0.2) is 46.8 Å². The number of aliphatic imine (C=N–C) groups is 1. The van der Waals surface area contributed by atoms with E-state index in [0.29, 0.717) is 22.9 Å². The number of fused-ring (bicyclic) bond motifs is 1. The summed E-state index contributed by atoms with van der Waals surface area (Å²) >= 11 is 3.29. The lowest BCUT2D eigenvalue weighted by molar-refractivity contribution is 0.102. The van der Waals surface area contributed by atoms with Crippen molar-refractivity contribution in [2.45, 2.75) is 26.2 Å². The van der Waals surface area contributed by atoms with Gasteiger partial charge in [-0.05, 0) is 54.3 Å². The average Bonchev–Trinajstić information content (AvgIpc) is 3.33. The van der Waals surface area contributed by atoms with Crippen LogP contribution in [0.5, 0.6) is 5.75 Å². The van der Waals surface area contributed by atoms with Crippen LogP contribution >= 0.6 is 22.7 Å². The first-order valence-corrected chi connectivity index (χ1v) is 11.0. The molecule has 144 valence electrons. The molecule has 0 fully saturated rings. The number of benzene rings is 1. The molecule has 6 heteroatoms. The van der Waals surface area contributed by atoms with Crippen molar-refractivity contribution in [2.75, 3.05) is 12.4 Å². The van der Waals surface area contributed by atoms with Crippen molar-refractivity contribution in [3.05, 3.63) is 62.7 Å². The average molecular weight is 411 g/mol. The lowest BCUT2D eigenvalue weighted by atomic mass is 9.88. The minimum absolute atomic E-state index is 0.116. The Hall–Kier alpha value is -2.44. The maximum absolute atomic E-state index is 13.2. The van der Waals surface area contributed by atoms with Gasteiger partial charge < -0.3 is 10.1 Å². The van der Waals surface area contributed by atoms with Crippen molar-refractivity contribution in [2.24, 2.45) is 10.9 Å². The Morgan fingerprint density at radius 3 is 2.93 bits per heavy atom. The van der Waals surface area contributed by atoms with E-state index in [0.717, 1.165) is 34.7 Å². The largest absolute Gasteiger partial charge is 0.495 e. The monoisotopic (exact) mass is 410 g/mol. The predicted octanol–water partition coefficient (Wildman–Crippen LogP) is 5.95. The van der Waals surface area contributed by atoms with E-state index in [4.69, 9.17) is 9.73 Å². The Morgan fingerprint density at radius 2 is 2.14 bits per heavy atom. The predicted molar refractivity (Wildman–Crippen MR) is 118 cm³/mol. The molecule has 4 rings (SSSR count). The van der Waals surface area contributed by atoms with E-state index in [2.05, 4.69) is 12.2 Å². The molecule has 2 heterocycles. The zero-order valence-corrected chi connectivity index (χ0v) is 17.5. The van der Waals surface area contributed by atoms with Gasteiger partial charge in [-0.25, -0.2) is 4.99 Å². The quantitative estimate of drug-likeness (QED) is 0.529. The van der Waals surface area contributed by atoms with Crippen molar-refractivity contribution < 1.29 is 9.53 Å². The second-order valence-corrected chi connectivity index (χ2v) is 9.02. The molecule has 0 saturated carbocycles. The van der Waals surface area contributed by atoms with E-state index >= 15 is 0 Å². The molecular formula is C22H22N2O2S2. The molecule has 0 spiro atoms. The molecule has 0 unspecified atom stereocenters. The second kappa shape index (κ2) is 8.29. The number of nitrogens with zero attached hydrogens (tertiary/aromatic N) is 1. The molecule has 1 aliphatic carbocycles. The fourth-order valence-corrected chi connectivity index (χ4v) is 5.42. The Bertz CT molecular complexity index is 1010. The summed E-state index contributed by atoms with van der Waals surface area (Å²) in [6, 6.07) is 11.5. The highest BCUT2D eigenvalue weighted by Gasteiger charge is 2.27. The van der Waals surface area contributed by atoms with Crippen molar-refractivity contribution in [1.82, 2.24) is 0 Å². The Balaban J connectivity index is 1.70. The summed E-state index contributed by atoms with van der Waals surface area (Å²) in [4.78, 5) is 20.3. The number of ether oxygens (including phenoxy) is 1. The number of methoxy groups -OCH3 is 1. The molecule has 0 radical (unpaired) electrons. The van der Waals surface area contributed by atoms with Gasteiger partial charge in [0, 0.05) is 16.0 Å². The van der Waals surface area contributed by atoms with Gasteiger partial charge in [-0.3, -0.25) is 4.79 Å². The number of carbonyl (C=O) groups excluding carboxylic acids is 1. The molecule has 1 N–H and O–H groups in total. The van der Waals surface area contributed by atoms with Gasteiger partial charge in [0.05, 0.1) is 18.4 Å². The number of anilines is 1. The fourth-order valence-electron chi connectivity index (χ4n) is 3.48. The van der Waals surface area contributed by atoms with E-state index in [-0.39, 0.29) is 5.91 Å². The normalized spacial score (nSPS) is 16.1. The summed E-state index contributed by atoms with van der Waals surface area (Å²) in [7, 11) is 1.61. The molecule has 1 atom stereocenters. The highest BCUT2D eigenvalue weighted by atomic mass is 32.1. The van der Waals surface area contributed by atoms with Gasteiger partial charge >= 0.3 is 0 Å². The second-order valence-electron chi connectivity index (χ2n) is 6.96. The molecule has 3 aromatic rings. The molecule has 1 aromatic carbocycles. The third kappa shape index (κ3) is 3.88. The summed E-state index contributed by atoms with van der Waals surface area (Å²) in [5.74, 6) is 1.18. The number of hydrogen-bond donors (Lipinski definition) is 1. The van der Waals surface area contributed by atoms with Gasteiger partial charge in [0.15, 0.2) is 0 Å². The molecule has 1 aliphatic rings. The van der Waals surface area contributed by atoms with Gasteiger partial charge in [0.25, 0.3) is 5.91 Å². The van der Waals surface area contributed by atoms with Crippen molar-refractivity contribution in [1.29, 1.82) is 0 Å². The highest BCUT2D eigenvalue weighted by Crippen LogP contribution is 2.41. The van der Waals surface area contributed by atoms with E-state index in [1.54, 1.807) is 29.8 Å². The Kier molecular flexibility index (Phi) is 5.59. The first-order chi connectivity index (χ1) is 13.7. The van der Waals surface area contributed by atoms with E-state index in [9.17, 15) is 4.79 Å². The number of thiophene rings is 2. The topological polar surface area (TPSA) is 50.7 Å². The number of amides is 1. The highest BCUT2D eigenvalue weighted by molar-refractivity contribution is 7.16. The minimum Gasteiger partial charge on any atom is -0.495 e. The SMILES string of the molecule is COc1ccccc1NC(=O)c1c(N=Cc2cccs2)sc2c1CC[C@@H](C)C2. The van der Waals surface area contributed by atoms with Crippen LogP contribution in [0.2, 0.25) is 0 Å². The maximum Gasteiger partial charge on any atom is 0.259 e. The summed E-state index contributed by atoms with van der Waals surface area (Å²) in [5, 5.41) is 5.85. The van der Waals surface area contributed by atoms with Crippen LogP contribution in [0.25, 0.3) is 0 Å². The number of hydrogen-bond acceptors (Lipinski definition) is 5. The summed E-state index contributed by atoms with van der Waals surface area (Å²) in [5.41, 5.74) is 2.55. The molecule has 28 heavy (non-hydrogen) atoms. The van der Waals surface area contributed by atoms with Gasteiger partial charge in [-0.15, -0.1) is 22.7 Å². The van der Waals surface area contributed by atoms with E-state index < -0.39 is 0 Å². The third-order valence-corrected chi connectivity index (χ3v) is 6.90. The smallest absolute Gasteiger partial charge is 0.259 e. The number of rotatable bonds is 5. The number of nitrogens with one attached hydrogen (secondary N) is 1. The number of para-hydroxylation sites is 2. The molecule has 4 nitrogen and oxygen atoms in total. The summed E-state index contributed by atoms with van der Waals surface area (Å²) in [6.07, 6.45) is 4.90. The molecule has 0 saturated heterocycles. The van der Waals surface area contributed by atoms with Gasteiger partial charge in [-0.1, -0.05) is 25.1 Å². The molecule has 2 aromatic heterocycles. The van der Waals surface area contributed by atoms with E-state index in [1.165, 1.54) is 4.88 Å².